The molecule has 0 aliphatic rings. The molecule has 0 heterocycles. The van der Waals surface area contributed by atoms with Crippen LogP contribution in [0.25, 0.3) is 0 Å². The molecule has 0 saturated heterocycles. The van der Waals surface area contributed by atoms with Crippen LogP contribution in [0.3, 0.4) is 0 Å². The van der Waals surface area contributed by atoms with Crippen molar-refractivity contribution in [1.29, 1.82) is 0 Å². The van der Waals surface area contributed by atoms with Crippen molar-refractivity contribution in [3.63, 3.8) is 0 Å². The van der Waals surface area contributed by atoms with Crippen molar-refractivity contribution in [1.82, 2.24) is 10.2 Å². The maximum atomic E-state index is 12.0. The third kappa shape index (κ3) is 5.73. The standard InChI is InChI=1S/C15H21ClN2O3/c1-11(15(21)17-8-3-9-19)18(12(2)20)10-13-4-6-14(16)7-5-13/h4-7,11,19H,3,8-10H2,1-2H3,(H,17,21)/t11-/m0/s1. The maximum absolute atomic E-state index is 12.0. The molecular formula is C15H21ClN2O3. The zero-order valence-corrected chi connectivity index (χ0v) is 13.1. The lowest BCUT2D eigenvalue weighted by atomic mass is 10.1. The molecule has 0 aromatic heterocycles. The molecule has 2 amide bonds. The topological polar surface area (TPSA) is 69.6 Å². The van der Waals surface area contributed by atoms with E-state index in [2.05, 4.69) is 5.32 Å². The quantitative estimate of drug-likeness (QED) is 0.751. The number of nitrogens with zero attached hydrogens (tertiary/aromatic N) is 1. The largest absolute Gasteiger partial charge is 0.396 e. The van der Waals surface area contributed by atoms with Gasteiger partial charge in [-0.25, -0.2) is 0 Å². The molecule has 1 aromatic rings. The van der Waals surface area contributed by atoms with Crippen LogP contribution in [0.2, 0.25) is 5.02 Å². The molecule has 6 heteroatoms. The molecule has 1 rings (SSSR count). The summed E-state index contributed by atoms with van der Waals surface area (Å²) in [7, 11) is 0. The Kier molecular flexibility index (Phi) is 7.19. The molecule has 0 fully saturated rings. The van der Waals surface area contributed by atoms with Gasteiger partial charge in [0.1, 0.15) is 6.04 Å². The van der Waals surface area contributed by atoms with Crippen LogP contribution in [0.1, 0.15) is 25.8 Å². The number of hydrogen-bond donors (Lipinski definition) is 2. The van der Waals surface area contributed by atoms with Crippen LogP contribution < -0.4 is 5.32 Å². The summed E-state index contributed by atoms with van der Waals surface area (Å²) in [5.74, 6) is -0.401. The van der Waals surface area contributed by atoms with Gasteiger partial charge in [0.05, 0.1) is 0 Å². The Morgan fingerprint density at radius 1 is 1.33 bits per heavy atom. The summed E-state index contributed by atoms with van der Waals surface area (Å²) in [5.41, 5.74) is 0.907. The van der Waals surface area contributed by atoms with Crippen molar-refractivity contribution in [3.05, 3.63) is 34.9 Å². The molecule has 0 bridgehead atoms. The number of carbonyl (C=O) groups excluding carboxylic acids is 2. The monoisotopic (exact) mass is 312 g/mol. The number of carbonyl (C=O) groups is 2. The zero-order valence-electron chi connectivity index (χ0n) is 12.3. The SMILES string of the molecule is CC(=O)N(Cc1ccc(Cl)cc1)[C@@H](C)C(=O)NCCCO. The average Bonchev–Trinajstić information content (AvgIpc) is 2.45. The van der Waals surface area contributed by atoms with Crippen molar-refractivity contribution >= 4 is 23.4 Å². The summed E-state index contributed by atoms with van der Waals surface area (Å²) in [4.78, 5) is 25.3. The molecule has 1 atom stereocenters. The number of amides is 2. The number of aliphatic hydroxyl groups is 1. The number of rotatable bonds is 7. The van der Waals surface area contributed by atoms with Crippen molar-refractivity contribution in [2.75, 3.05) is 13.2 Å². The second-order valence-electron chi connectivity index (χ2n) is 4.82. The summed E-state index contributed by atoms with van der Waals surface area (Å²) in [6.45, 7) is 3.89. The van der Waals surface area contributed by atoms with Gasteiger partial charge in [0.15, 0.2) is 0 Å². The first-order valence-electron chi connectivity index (χ1n) is 6.86. The van der Waals surface area contributed by atoms with Crippen LogP contribution in [-0.2, 0) is 16.1 Å². The van der Waals surface area contributed by atoms with Crippen LogP contribution in [0.5, 0.6) is 0 Å². The second kappa shape index (κ2) is 8.64. The molecule has 0 radical (unpaired) electrons. The Morgan fingerprint density at radius 2 is 1.95 bits per heavy atom. The summed E-state index contributed by atoms with van der Waals surface area (Å²) < 4.78 is 0. The van der Waals surface area contributed by atoms with Gasteiger partial charge in [0.25, 0.3) is 0 Å². The van der Waals surface area contributed by atoms with Crippen LogP contribution in [0, 0.1) is 0 Å². The van der Waals surface area contributed by atoms with Gasteiger partial charge in [0, 0.05) is 31.6 Å². The van der Waals surface area contributed by atoms with Gasteiger partial charge >= 0.3 is 0 Å². The van der Waals surface area contributed by atoms with Gasteiger partial charge in [-0.1, -0.05) is 23.7 Å². The Morgan fingerprint density at radius 3 is 2.48 bits per heavy atom. The Bertz CT molecular complexity index is 476. The number of nitrogens with one attached hydrogen (secondary N) is 1. The van der Waals surface area contributed by atoms with Crippen molar-refractivity contribution in [2.45, 2.75) is 32.9 Å². The normalized spacial score (nSPS) is 11.8. The second-order valence-corrected chi connectivity index (χ2v) is 5.25. The smallest absolute Gasteiger partial charge is 0.242 e. The van der Waals surface area contributed by atoms with E-state index in [9.17, 15) is 9.59 Å². The molecule has 0 aliphatic carbocycles. The van der Waals surface area contributed by atoms with E-state index in [4.69, 9.17) is 16.7 Å². The first-order chi connectivity index (χ1) is 9.95. The summed E-state index contributed by atoms with van der Waals surface area (Å²) in [6, 6.07) is 6.59. The molecule has 0 saturated carbocycles. The summed E-state index contributed by atoms with van der Waals surface area (Å²) >= 11 is 5.83. The summed E-state index contributed by atoms with van der Waals surface area (Å²) in [5, 5.41) is 12.0. The fourth-order valence-corrected chi connectivity index (χ4v) is 2.01. The average molecular weight is 313 g/mol. The van der Waals surface area contributed by atoms with Gasteiger partial charge in [-0.2, -0.15) is 0 Å². The molecule has 21 heavy (non-hydrogen) atoms. The van der Waals surface area contributed by atoms with Crippen LogP contribution >= 0.6 is 11.6 Å². The minimum absolute atomic E-state index is 0.0237. The highest BCUT2D eigenvalue weighted by Crippen LogP contribution is 2.13. The third-order valence-corrected chi connectivity index (χ3v) is 3.40. The highest BCUT2D eigenvalue weighted by molar-refractivity contribution is 6.30. The van der Waals surface area contributed by atoms with Crippen molar-refractivity contribution < 1.29 is 14.7 Å². The van der Waals surface area contributed by atoms with E-state index in [0.717, 1.165) is 5.56 Å². The summed E-state index contributed by atoms with van der Waals surface area (Å²) in [6.07, 6.45) is 0.496. The van der Waals surface area contributed by atoms with Crippen molar-refractivity contribution in [2.24, 2.45) is 0 Å². The van der Waals surface area contributed by atoms with E-state index in [-0.39, 0.29) is 18.4 Å². The number of hydrogen-bond acceptors (Lipinski definition) is 3. The molecule has 0 spiro atoms. The lowest BCUT2D eigenvalue weighted by molar-refractivity contribution is -0.139. The van der Waals surface area contributed by atoms with E-state index < -0.39 is 6.04 Å². The van der Waals surface area contributed by atoms with Gasteiger partial charge in [0.2, 0.25) is 11.8 Å². The fourth-order valence-electron chi connectivity index (χ4n) is 1.89. The zero-order chi connectivity index (χ0) is 15.8. The lowest BCUT2D eigenvalue weighted by Gasteiger charge is -2.27. The first-order valence-corrected chi connectivity index (χ1v) is 7.23. The maximum Gasteiger partial charge on any atom is 0.242 e. The Balaban J connectivity index is 2.69. The van der Waals surface area contributed by atoms with E-state index in [1.54, 1.807) is 19.1 Å². The third-order valence-electron chi connectivity index (χ3n) is 3.15. The molecular weight excluding hydrogens is 292 g/mol. The molecule has 116 valence electrons. The minimum atomic E-state index is -0.572. The fraction of sp³-hybridized carbons (Fsp3) is 0.467. The van der Waals surface area contributed by atoms with E-state index >= 15 is 0 Å². The van der Waals surface area contributed by atoms with Gasteiger partial charge in [-0.05, 0) is 31.0 Å². The molecule has 0 unspecified atom stereocenters. The number of aliphatic hydroxyl groups excluding tert-OH is 1. The highest BCUT2D eigenvalue weighted by atomic mass is 35.5. The van der Waals surface area contributed by atoms with Gasteiger partial charge < -0.3 is 15.3 Å². The van der Waals surface area contributed by atoms with Crippen LogP contribution in [0.4, 0.5) is 0 Å². The van der Waals surface area contributed by atoms with Crippen molar-refractivity contribution in [3.8, 4) is 0 Å². The molecule has 1 aromatic carbocycles. The molecule has 0 aliphatic heterocycles. The number of halogens is 1. The highest BCUT2D eigenvalue weighted by Gasteiger charge is 2.23. The Labute approximate surface area is 129 Å². The molecule has 5 nitrogen and oxygen atoms in total. The van der Waals surface area contributed by atoms with Crippen LogP contribution in [0.15, 0.2) is 24.3 Å². The minimum Gasteiger partial charge on any atom is -0.396 e. The van der Waals surface area contributed by atoms with E-state index in [1.807, 2.05) is 12.1 Å². The predicted molar refractivity (Wildman–Crippen MR) is 81.9 cm³/mol. The lowest BCUT2D eigenvalue weighted by Crippen LogP contribution is -2.47. The Hall–Kier alpha value is -1.59. The first kappa shape index (κ1) is 17.5. The molecule has 2 N–H and O–H groups in total. The van der Waals surface area contributed by atoms with E-state index in [1.165, 1.54) is 11.8 Å². The van der Waals surface area contributed by atoms with E-state index in [0.29, 0.717) is 24.5 Å². The van der Waals surface area contributed by atoms with Crippen LogP contribution in [-0.4, -0.2) is 41.0 Å². The van der Waals surface area contributed by atoms with Gasteiger partial charge in [-0.3, -0.25) is 9.59 Å². The van der Waals surface area contributed by atoms with Gasteiger partial charge in [-0.15, -0.1) is 0 Å². The predicted octanol–water partition coefficient (Wildman–Crippen LogP) is 1.58. The number of benzene rings is 1.